The molecule has 2 atom stereocenters. The standard InChI is InChI=1S/C21H24N4O2/c1-2-17-8-9-25(18(17)14-16-6-4-3-5-7-16)21-22-19(15-20(26)23-21)24-10-12-27-13-11-24/h1,3-7,15,17-18H,8-14H2,(H,22,23,26)/t17-,18-/m0/s1. The SMILES string of the molecule is C#C[C@H]1CCN(c2nc(N3CCOCC3)cc(=O)[nH]2)[C@H]1Cc1ccccc1. The number of hydrogen-bond donors (Lipinski definition) is 1. The highest BCUT2D eigenvalue weighted by Gasteiger charge is 2.34. The second-order valence-electron chi connectivity index (χ2n) is 7.04. The smallest absolute Gasteiger partial charge is 0.254 e. The van der Waals surface area contributed by atoms with E-state index in [4.69, 9.17) is 16.1 Å². The van der Waals surface area contributed by atoms with Crippen LogP contribution in [0.4, 0.5) is 11.8 Å². The molecule has 1 aromatic carbocycles. The first-order valence-corrected chi connectivity index (χ1v) is 9.45. The van der Waals surface area contributed by atoms with Gasteiger partial charge in [-0.25, -0.2) is 0 Å². The Hall–Kier alpha value is -2.78. The molecule has 0 saturated carbocycles. The number of H-pyrrole nitrogens is 1. The van der Waals surface area contributed by atoms with Crippen molar-refractivity contribution in [2.45, 2.75) is 18.9 Å². The fourth-order valence-electron chi connectivity index (χ4n) is 3.94. The van der Waals surface area contributed by atoms with Crippen LogP contribution in [-0.4, -0.2) is 48.9 Å². The molecule has 27 heavy (non-hydrogen) atoms. The molecule has 1 aromatic heterocycles. The van der Waals surface area contributed by atoms with Gasteiger partial charge < -0.3 is 14.5 Å². The van der Waals surface area contributed by atoms with Crippen molar-refractivity contribution < 1.29 is 4.74 Å². The summed E-state index contributed by atoms with van der Waals surface area (Å²) in [6.45, 7) is 3.60. The van der Waals surface area contributed by atoms with Gasteiger partial charge in [-0.05, 0) is 18.4 Å². The second kappa shape index (κ2) is 7.85. The fraction of sp³-hybridized carbons (Fsp3) is 0.429. The maximum Gasteiger partial charge on any atom is 0.254 e. The predicted octanol–water partition coefficient (Wildman–Crippen LogP) is 1.68. The van der Waals surface area contributed by atoms with Gasteiger partial charge in [0, 0.05) is 37.7 Å². The molecule has 140 valence electrons. The van der Waals surface area contributed by atoms with Crippen LogP contribution in [0.2, 0.25) is 0 Å². The summed E-state index contributed by atoms with van der Waals surface area (Å²) in [5.74, 6) is 4.40. The number of rotatable bonds is 4. The number of terminal acetylenes is 1. The minimum atomic E-state index is -0.135. The predicted molar refractivity (Wildman–Crippen MR) is 106 cm³/mol. The van der Waals surface area contributed by atoms with Crippen LogP contribution in [0.3, 0.4) is 0 Å². The van der Waals surface area contributed by atoms with E-state index in [1.807, 2.05) is 18.2 Å². The Kier molecular flexibility index (Phi) is 5.12. The molecule has 0 radical (unpaired) electrons. The number of aromatic nitrogens is 2. The van der Waals surface area contributed by atoms with Gasteiger partial charge in [0.25, 0.3) is 5.56 Å². The maximum absolute atomic E-state index is 12.3. The highest BCUT2D eigenvalue weighted by molar-refractivity contribution is 5.46. The molecule has 1 N–H and O–H groups in total. The van der Waals surface area contributed by atoms with Crippen LogP contribution in [0.1, 0.15) is 12.0 Å². The number of aromatic amines is 1. The number of benzene rings is 1. The Bertz CT molecular complexity index is 868. The van der Waals surface area contributed by atoms with Crippen LogP contribution in [0.25, 0.3) is 0 Å². The van der Waals surface area contributed by atoms with Crippen molar-refractivity contribution in [3.63, 3.8) is 0 Å². The molecule has 2 fully saturated rings. The Morgan fingerprint density at radius 1 is 1.22 bits per heavy atom. The average molecular weight is 364 g/mol. The lowest BCUT2D eigenvalue weighted by molar-refractivity contribution is 0.122. The van der Waals surface area contributed by atoms with Crippen LogP contribution < -0.4 is 15.4 Å². The molecule has 6 heteroatoms. The van der Waals surface area contributed by atoms with Gasteiger partial charge in [0.1, 0.15) is 5.82 Å². The van der Waals surface area contributed by atoms with Gasteiger partial charge in [-0.3, -0.25) is 9.78 Å². The molecule has 2 aliphatic heterocycles. The second-order valence-corrected chi connectivity index (χ2v) is 7.04. The minimum Gasteiger partial charge on any atom is -0.378 e. The Morgan fingerprint density at radius 2 is 2.00 bits per heavy atom. The number of ether oxygens (including phenoxy) is 1. The molecule has 3 heterocycles. The Labute approximate surface area is 159 Å². The minimum absolute atomic E-state index is 0.125. The van der Waals surface area contributed by atoms with Gasteiger partial charge in [0.2, 0.25) is 5.95 Å². The molecule has 2 aliphatic rings. The zero-order valence-corrected chi connectivity index (χ0v) is 15.3. The quantitative estimate of drug-likeness (QED) is 0.837. The molecule has 2 aromatic rings. The third-order valence-corrected chi connectivity index (χ3v) is 5.37. The van der Waals surface area contributed by atoms with E-state index in [0.717, 1.165) is 32.5 Å². The van der Waals surface area contributed by atoms with E-state index in [0.29, 0.717) is 25.0 Å². The average Bonchev–Trinajstić information content (AvgIpc) is 3.11. The number of morpholine rings is 1. The normalized spacial score (nSPS) is 22.6. The lowest BCUT2D eigenvalue weighted by Gasteiger charge is -2.30. The van der Waals surface area contributed by atoms with Gasteiger partial charge in [-0.1, -0.05) is 30.3 Å². The summed E-state index contributed by atoms with van der Waals surface area (Å²) in [5.41, 5.74) is 1.10. The van der Waals surface area contributed by atoms with Gasteiger partial charge in [-0.2, -0.15) is 4.98 Å². The molecular weight excluding hydrogens is 340 g/mol. The van der Waals surface area contributed by atoms with E-state index in [-0.39, 0.29) is 17.5 Å². The number of anilines is 2. The van der Waals surface area contributed by atoms with E-state index >= 15 is 0 Å². The van der Waals surface area contributed by atoms with Crippen molar-refractivity contribution >= 4 is 11.8 Å². The van der Waals surface area contributed by atoms with E-state index in [9.17, 15) is 4.79 Å². The molecule has 2 saturated heterocycles. The van der Waals surface area contributed by atoms with Crippen LogP contribution in [-0.2, 0) is 11.2 Å². The zero-order chi connectivity index (χ0) is 18.6. The lowest BCUT2D eigenvalue weighted by atomic mass is 9.95. The van der Waals surface area contributed by atoms with Crippen molar-refractivity contribution in [1.82, 2.24) is 9.97 Å². The summed E-state index contributed by atoms with van der Waals surface area (Å²) in [5, 5.41) is 0. The lowest BCUT2D eigenvalue weighted by Crippen LogP contribution is -2.39. The van der Waals surface area contributed by atoms with Crippen LogP contribution in [0, 0.1) is 18.3 Å². The summed E-state index contributed by atoms with van der Waals surface area (Å²) in [4.78, 5) is 24.3. The maximum atomic E-state index is 12.3. The van der Waals surface area contributed by atoms with E-state index < -0.39 is 0 Å². The first-order valence-electron chi connectivity index (χ1n) is 9.45. The molecule has 0 unspecified atom stereocenters. The number of nitrogens with zero attached hydrogens (tertiary/aromatic N) is 3. The van der Waals surface area contributed by atoms with E-state index in [1.165, 1.54) is 5.56 Å². The number of hydrogen-bond acceptors (Lipinski definition) is 5. The van der Waals surface area contributed by atoms with Crippen LogP contribution in [0.5, 0.6) is 0 Å². The first kappa shape index (κ1) is 17.6. The van der Waals surface area contributed by atoms with Crippen molar-refractivity contribution in [3.05, 3.63) is 52.3 Å². The molecule has 0 spiro atoms. The third kappa shape index (κ3) is 3.83. The molecule has 6 nitrogen and oxygen atoms in total. The summed E-state index contributed by atoms with van der Waals surface area (Å²) in [6, 6.07) is 12.0. The highest BCUT2D eigenvalue weighted by atomic mass is 16.5. The van der Waals surface area contributed by atoms with E-state index in [2.05, 4.69) is 32.8 Å². The molecule has 0 amide bonds. The van der Waals surface area contributed by atoms with Gasteiger partial charge >= 0.3 is 0 Å². The zero-order valence-electron chi connectivity index (χ0n) is 15.3. The van der Waals surface area contributed by atoms with Crippen molar-refractivity contribution in [3.8, 4) is 12.3 Å². The van der Waals surface area contributed by atoms with Crippen LogP contribution >= 0.6 is 0 Å². The topological polar surface area (TPSA) is 61.5 Å². The fourth-order valence-corrected chi connectivity index (χ4v) is 3.94. The summed E-state index contributed by atoms with van der Waals surface area (Å²) >= 11 is 0. The Balaban J connectivity index is 1.63. The summed E-state index contributed by atoms with van der Waals surface area (Å²) < 4.78 is 5.41. The summed E-state index contributed by atoms with van der Waals surface area (Å²) in [7, 11) is 0. The third-order valence-electron chi connectivity index (χ3n) is 5.37. The van der Waals surface area contributed by atoms with E-state index in [1.54, 1.807) is 6.07 Å². The highest BCUT2D eigenvalue weighted by Crippen LogP contribution is 2.30. The molecule has 4 rings (SSSR count). The molecular formula is C21H24N4O2. The van der Waals surface area contributed by atoms with Gasteiger partial charge in [-0.15, -0.1) is 12.3 Å². The monoisotopic (exact) mass is 364 g/mol. The van der Waals surface area contributed by atoms with Gasteiger partial charge in [0.15, 0.2) is 0 Å². The first-order chi connectivity index (χ1) is 13.2. The van der Waals surface area contributed by atoms with Gasteiger partial charge in [0.05, 0.1) is 13.2 Å². The molecule has 0 aliphatic carbocycles. The largest absolute Gasteiger partial charge is 0.378 e. The van der Waals surface area contributed by atoms with Crippen molar-refractivity contribution in [2.24, 2.45) is 5.92 Å². The number of nitrogens with one attached hydrogen (secondary N) is 1. The Morgan fingerprint density at radius 3 is 2.74 bits per heavy atom. The summed E-state index contributed by atoms with van der Waals surface area (Å²) in [6.07, 6.45) is 7.54. The van der Waals surface area contributed by atoms with Crippen molar-refractivity contribution in [1.29, 1.82) is 0 Å². The van der Waals surface area contributed by atoms with Crippen molar-refractivity contribution in [2.75, 3.05) is 42.6 Å². The van der Waals surface area contributed by atoms with Crippen LogP contribution in [0.15, 0.2) is 41.2 Å². The molecule has 0 bridgehead atoms.